The first-order chi connectivity index (χ1) is 13.7. The molecule has 1 aromatic carbocycles. The topological polar surface area (TPSA) is 80.3 Å². The van der Waals surface area contributed by atoms with E-state index < -0.39 is 0 Å². The van der Waals surface area contributed by atoms with E-state index in [0.717, 1.165) is 36.6 Å². The molecule has 1 N–H and O–H groups in total. The van der Waals surface area contributed by atoms with Crippen molar-refractivity contribution in [2.24, 2.45) is 0 Å². The monoisotopic (exact) mass is 380 g/mol. The Kier molecular flexibility index (Phi) is 4.30. The molecule has 1 amide bonds. The van der Waals surface area contributed by atoms with Crippen LogP contribution in [0.1, 0.15) is 54.7 Å². The van der Waals surface area contributed by atoms with Crippen LogP contribution < -0.4 is 9.47 Å². The second kappa shape index (κ2) is 6.96. The van der Waals surface area contributed by atoms with Crippen molar-refractivity contribution < 1.29 is 14.3 Å². The van der Waals surface area contributed by atoms with Crippen LogP contribution in [0, 0.1) is 0 Å². The number of nitrogens with zero attached hydrogens (tertiary/aromatic N) is 3. The van der Waals surface area contributed by atoms with Crippen molar-refractivity contribution in [1.29, 1.82) is 0 Å². The molecule has 1 atom stereocenters. The van der Waals surface area contributed by atoms with E-state index >= 15 is 0 Å². The Hall–Kier alpha value is -2.83. The van der Waals surface area contributed by atoms with Crippen molar-refractivity contribution in [1.82, 2.24) is 20.1 Å². The van der Waals surface area contributed by atoms with Gasteiger partial charge >= 0.3 is 0 Å². The summed E-state index contributed by atoms with van der Waals surface area (Å²) in [4.78, 5) is 19.7. The first-order valence-electron chi connectivity index (χ1n) is 9.95. The lowest BCUT2D eigenvalue weighted by molar-refractivity contribution is -0.128. The van der Waals surface area contributed by atoms with Crippen LogP contribution in [0.25, 0.3) is 6.08 Å². The largest absolute Gasteiger partial charge is 0.493 e. The summed E-state index contributed by atoms with van der Waals surface area (Å²) in [5.41, 5.74) is 1.56. The highest BCUT2D eigenvalue weighted by Gasteiger charge is 2.32. The zero-order valence-corrected chi connectivity index (χ0v) is 16.0. The van der Waals surface area contributed by atoms with Crippen molar-refractivity contribution in [3.8, 4) is 11.5 Å². The minimum absolute atomic E-state index is 0.0381. The number of carbonyl (C=O) groups excluding carboxylic acids is 1. The second-order valence-electron chi connectivity index (χ2n) is 7.78. The Balaban J connectivity index is 1.32. The van der Waals surface area contributed by atoms with Gasteiger partial charge in [-0.15, -0.1) is 0 Å². The highest BCUT2D eigenvalue weighted by Crippen LogP contribution is 2.39. The average Bonchev–Trinajstić information content (AvgIpc) is 3.49. The molecule has 2 aromatic rings. The van der Waals surface area contributed by atoms with E-state index in [2.05, 4.69) is 10.2 Å². The third kappa shape index (κ3) is 3.15. The summed E-state index contributed by atoms with van der Waals surface area (Å²) >= 11 is 0. The van der Waals surface area contributed by atoms with Gasteiger partial charge in [-0.3, -0.25) is 9.89 Å². The zero-order chi connectivity index (χ0) is 19.1. The van der Waals surface area contributed by atoms with Gasteiger partial charge in [0.1, 0.15) is 12.4 Å². The summed E-state index contributed by atoms with van der Waals surface area (Å²) in [7, 11) is 1.62. The number of aromatic amines is 1. The molecule has 5 rings (SSSR count). The number of hydrogen-bond acceptors (Lipinski definition) is 5. The summed E-state index contributed by atoms with van der Waals surface area (Å²) in [5.74, 6) is 4.04. The third-order valence-corrected chi connectivity index (χ3v) is 5.76. The molecular formula is C21H24N4O3. The normalized spacial score (nSPS) is 21.5. The van der Waals surface area contributed by atoms with E-state index in [0.29, 0.717) is 29.5 Å². The number of benzene rings is 1. The molecule has 7 heteroatoms. The molecule has 1 aromatic heterocycles. The number of para-hydroxylation sites is 1. The lowest BCUT2D eigenvalue weighted by atomic mass is 9.96. The van der Waals surface area contributed by atoms with Crippen molar-refractivity contribution in [3.63, 3.8) is 0 Å². The number of nitrogens with one attached hydrogen (secondary N) is 1. The number of ether oxygens (including phenoxy) is 2. The van der Waals surface area contributed by atoms with Gasteiger partial charge in [0, 0.05) is 30.5 Å². The quantitative estimate of drug-likeness (QED) is 0.882. The van der Waals surface area contributed by atoms with Gasteiger partial charge in [-0.25, -0.2) is 4.98 Å². The Morgan fingerprint density at radius 3 is 3.00 bits per heavy atom. The third-order valence-electron chi connectivity index (χ3n) is 5.76. The van der Waals surface area contributed by atoms with Crippen molar-refractivity contribution >= 4 is 12.0 Å². The highest BCUT2D eigenvalue weighted by molar-refractivity contribution is 5.99. The summed E-state index contributed by atoms with van der Waals surface area (Å²) in [6, 6.07) is 5.71. The van der Waals surface area contributed by atoms with Crippen molar-refractivity contribution in [3.05, 3.63) is 41.0 Å². The molecule has 28 heavy (non-hydrogen) atoms. The van der Waals surface area contributed by atoms with Gasteiger partial charge in [-0.05, 0) is 37.8 Å². The summed E-state index contributed by atoms with van der Waals surface area (Å²) in [6.07, 6.45) is 6.30. The van der Waals surface area contributed by atoms with Crippen LogP contribution in [-0.2, 0) is 4.79 Å². The van der Waals surface area contributed by atoms with Crippen LogP contribution >= 0.6 is 0 Å². The van der Waals surface area contributed by atoms with Crippen molar-refractivity contribution in [2.45, 2.75) is 37.5 Å². The minimum Gasteiger partial charge on any atom is -0.493 e. The number of carbonyl (C=O) groups is 1. The van der Waals surface area contributed by atoms with Gasteiger partial charge in [-0.1, -0.05) is 12.1 Å². The van der Waals surface area contributed by atoms with Gasteiger partial charge in [0.05, 0.1) is 12.7 Å². The van der Waals surface area contributed by atoms with Crippen LogP contribution in [-0.4, -0.2) is 52.8 Å². The van der Waals surface area contributed by atoms with Crippen LogP contribution in [0.15, 0.2) is 23.8 Å². The van der Waals surface area contributed by atoms with Gasteiger partial charge in [0.2, 0.25) is 0 Å². The van der Waals surface area contributed by atoms with Gasteiger partial charge < -0.3 is 14.4 Å². The number of hydrogen-bond donors (Lipinski definition) is 1. The predicted molar refractivity (Wildman–Crippen MR) is 103 cm³/mol. The van der Waals surface area contributed by atoms with Crippen LogP contribution in [0.3, 0.4) is 0 Å². The average molecular weight is 380 g/mol. The number of fused-ring (bicyclic) bond motifs is 1. The van der Waals surface area contributed by atoms with Crippen LogP contribution in [0.2, 0.25) is 0 Å². The maximum absolute atomic E-state index is 13.1. The van der Waals surface area contributed by atoms with E-state index in [-0.39, 0.29) is 18.4 Å². The number of piperidine rings is 1. The number of amides is 1. The molecule has 1 aliphatic carbocycles. The van der Waals surface area contributed by atoms with E-state index in [1.165, 1.54) is 12.8 Å². The fraction of sp³-hybridized carbons (Fsp3) is 0.476. The summed E-state index contributed by atoms with van der Waals surface area (Å²) < 4.78 is 11.2. The van der Waals surface area contributed by atoms with E-state index in [1.54, 1.807) is 7.11 Å². The summed E-state index contributed by atoms with van der Waals surface area (Å²) in [6.45, 7) is 1.68. The fourth-order valence-corrected chi connectivity index (χ4v) is 4.05. The Morgan fingerprint density at radius 2 is 2.18 bits per heavy atom. The lowest BCUT2D eigenvalue weighted by Crippen LogP contribution is -2.41. The molecule has 1 saturated heterocycles. The number of rotatable bonds is 4. The molecule has 1 saturated carbocycles. The minimum atomic E-state index is 0.0381. The molecule has 3 aliphatic rings. The maximum Gasteiger partial charge on any atom is 0.253 e. The zero-order valence-electron chi connectivity index (χ0n) is 16.0. The molecule has 0 radical (unpaired) electrons. The molecule has 0 unspecified atom stereocenters. The van der Waals surface area contributed by atoms with Crippen molar-refractivity contribution in [2.75, 3.05) is 26.8 Å². The SMILES string of the molecule is COc1cccc2c1OCC(C(=O)N1CCC[C@@H](c3n[nH]c(C4CC4)n3)C1)=C2. The number of likely N-dealkylation sites (tertiary alicyclic amines) is 1. The van der Waals surface area contributed by atoms with E-state index in [4.69, 9.17) is 14.5 Å². The van der Waals surface area contributed by atoms with Gasteiger partial charge in [-0.2, -0.15) is 5.10 Å². The second-order valence-corrected chi connectivity index (χ2v) is 7.78. The first kappa shape index (κ1) is 17.3. The standard InChI is InChI=1S/C21H24N4O3/c1-27-17-6-2-4-14-10-16(12-28-18(14)17)21(26)25-9-3-5-15(11-25)20-22-19(23-24-20)13-7-8-13/h2,4,6,10,13,15H,3,5,7-9,11-12H2,1H3,(H,22,23,24)/t15-/m1/s1. The Labute approximate surface area is 163 Å². The molecule has 7 nitrogen and oxygen atoms in total. The molecule has 2 fully saturated rings. The number of aromatic nitrogens is 3. The molecule has 0 spiro atoms. The molecule has 3 heterocycles. The lowest BCUT2D eigenvalue weighted by Gasteiger charge is -2.32. The van der Waals surface area contributed by atoms with E-state index in [9.17, 15) is 4.79 Å². The van der Waals surface area contributed by atoms with Crippen LogP contribution in [0.5, 0.6) is 11.5 Å². The van der Waals surface area contributed by atoms with E-state index in [1.807, 2.05) is 29.2 Å². The maximum atomic E-state index is 13.1. The first-order valence-corrected chi connectivity index (χ1v) is 9.95. The molecule has 2 aliphatic heterocycles. The predicted octanol–water partition coefficient (Wildman–Crippen LogP) is 2.87. The van der Waals surface area contributed by atoms with Crippen LogP contribution in [0.4, 0.5) is 0 Å². The Morgan fingerprint density at radius 1 is 1.29 bits per heavy atom. The fourth-order valence-electron chi connectivity index (χ4n) is 4.05. The van der Waals surface area contributed by atoms with Gasteiger partial charge in [0.25, 0.3) is 5.91 Å². The van der Waals surface area contributed by atoms with Gasteiger partial charge in [0.15, 0.2) is 17.3 Å². The molecule has 0 bridgehead atoms. The molecule has 146 valence electrons. The number of methoxy groups -OCH3 is 1. The summed E-state index contributed by atoms with van der Waals surface area (Å²) in [5, 5.41) is 7.52. The highest BCUT2D eigenvalue weighted by atomic mass is 16.5. The number of H-pyrrole nitrogens is 1. The molecular weight excluding hydrogens is 356 g/mol. The Bertz CT molecular complexity index is 931. The smallest absolute Gasteiger partial charge is 0.253 e.